The molecule has 0 aliphatic rings. The van der Waals surface area contributed by atoms with Gasteiger partial charge in [0.25, 0.3) is 0 Å². The molecule has 1 aromatic heterocycles. The number of nitrogens with one attached hydrogen (secondary N) is 1. The van der Waals surface area contributed by atoms with Gasteiger partial charge in [-0.25, -0.2) is 5.10 Å². The Labute approximate surface area is 171 Å². The van der Waals surface area contributed by atoms with E-state index in [2.05, 4.69) is 33.9 Å². The van der Waals surface area contributed by atoms with Gasteiger partial charge in [-0.05, 0) is 65.7 Å². The smallest absolute Gasteiger partial charge is 0.387 e. The van der Waals surface area contributed by atoms with Gasteiger partial charge in [-0.2, -0.15) is 23.7 Å². The van der Waals surface area contributed by atoms with Crippen LogP contribution in [-0.2, 0) is 6.61 Å². The molecule has 1 heterocycles. The van der Waals surface area contributed by atoms with Crippen molar-refractivity contribution in [2.75, 3.05) is 0 Å². The van der Waals surface area contributed by atoms with Gasteiger partial charge in [0.2, 0.25) is 4.77 Å². The molecular weight excluding hydrogens is 398 g/mol. The summed E-state index contributed by atoms with van der Waals surface area (Å²) in [6.07, 6.45) is 1.54. The minimum absolute atomic E-state index is 0.0784. The summed E-state index contributed by atoms with van der Waals surface area (Å²) >= 11 is 5.21. The summed E-state index contributed by atoms with van der Waals surface area (Å²) < 4.78 is 36.3. The Bertz CT molecular complexity index is 1010. The number of alkyl halides is 2. The highest BCUT2D eigenvalue weighted by Crippen LogP contribution is 2.19. The van der Waals surface area contributed by atoms with Crippen LogP contribution in [0.1, 0.15) is 36.7 Å². The van der Waals surface area contributed by atoms with Gasteiger partial charge >= 0.3 is 6.61 Å². The zero-order valence-electron chi connectivity index (χ0n) is 15.9. The van der Waals surface area contributed by atoms with Gasteiger partial charge in [0, 0.05) is 0 Å². The molecule has 0 saturated carbocycles. The average molecular weight is 418 g/mol. The first-order valence-corrected chi connectivity index (χ1v) is 9.31. The lowest BCUT2D eigenvalue weighted by Crippen LogP contribution is -2.04. The molecule has 0 radical (unpaired) electrons. The maximum Gasteiger partial charge on any atom is 0.387 e. The topological polar surface area (TPSA) is 64.4 Å². The molecule has 0 aliphatic carbocycles. The van der Waals surface area contributed by atoms with Crippen LogP contribution in [0.25, 0.3) is 0 Å². The highest BCUT2D eigenvalue weighted by Gasteiger charge is 2.07. The molecule has 3 rings (SSSR count). The maximum atomic E-state index is 12.2. The van der Waals surface area contributed by atoms with Gasteiger partial charge in [-0.3, -0.25) is 0 Å². The number of aromatic amines is 1. The second-order valence-corrected chi connectivity index (χ2v) is 6.85. The molecule has 0 unspecified atom stereocenters. The minimum atomic E-state index is -2.86. The van der Waals surface area contributed by atoms with Crippen molar-refractivity contribution in [2.45, 2.75) is 33.0 Å². The lowest BCUT2D eigenvalue weighted by Gasteiger charge is -2.08. The first-order valence-electron chi connectivity index (χ1n) is 8.90. The molecule has 3 aromatic rings. The monoisotopic (exact) mass is 418 g/mol. The Morgan fingerprint density at radius 2 is 1.76 bits per heavy atom. The fraction of sp³-hybridized carbons (Fsp3) is 0.250. The molecule has 0 spiro atoms. The molecule has 0 amide bonds. The van der Waals surface area contributed by atoms with E-state index in [1.165, 1.54) is 22.4 Å². The predicted molar refractivity (Wildman–Crippen MR) is 108 cm³/mol. The molecule has 6 nitrogen and oxygen atoms in total. The van der Waals surface area contributed by atoms with Crippen LogP contribution in [0.5, 0.6) is 11.5 Å². The van der Waals surface area contributed by atoms with E-state index >= 15 is 0 Å². The molecule has 9 heteroatoms. The van der Waals surface area contributed by atoms with Crippen molar-refractivity contribution in [1.82, 2.24) is 14.9 Å². The summed E-state index contributed by atoms with van der Waals surface area (Å²) in [4.78, 5) is 0. The number of halogens is 2. The molecule has 0 fully saturated rings. The van der Waals surface area contributed by atoms with Crippen LogP contribution in [-0.4, -0.2) is 27.7 Å². The lowest BCUT2D eigenvalue weighted by molar-refractivity contribution is -0.0498. The number of rotatable bonds is 8. The summed E-state index contributed by atoms with van der Waals surface area (Å²) in [5, 5.41) is 11.1. The minimum Gasteiger partial charge on any atom is -0.486 e. The van der Waals surface area contributed by atoms with E-state index in [4.69, 9.17) is 17.0 Å². The zero-order valence-corrected chi connectivity index (χ0v) is 16.7. The van der Waals surface area contributed by atoms with Crippen LogP contribution >= 0.6 is 12.2 Å². The Kier molecular flexibility index (Phi) is 6.71. The predicted octanol–water partition coefficient (Wildman–Crippen LogP) is 5.13. The Balaban J connectivity index is 1.67. The average Bonchev–Trinajstić information content (AvgIpc) is 3.05. The van der Waals surface area contributed by atoms with Crippen molar-refractivity contribution in [3.63, 3.8) is 0 Å². The van der Waals surface area contributed by atoms with Gasteiger partial charge in [0.05, 0.1) is 6.21 Å². The summed E-state index contributed by atoms with van der Waals surface area (Å²) in [5.41, 5.74) is 1.92. The molecule has 2 aromatic carbocycles. The SMILES string of the molecule is CC(C)c1ccc(OCc2n[nH]c(=S)n2/N=C\c2ccc(OC(F)F)cc2)cc1. The van der Waals surface area contributed by atoms with E-state index in [1.807, 2.05) is 24.3 Å². The number of H-pyrrole nitrogens is 1. The number of aromatic nitrogens is 3. The van der Waals surface area contributed by atoms with E-state index in [1.54, 1.807) is 18.3 Å². The molecule has 0 aliphatic heterocycles. The van der Waals surface area contributed by atoms with E-state index < -0.39 is 6.61 Å². The fourth-order valence-corrected chi connectivity index (χ4v) is 2.69. The Morgan fingerprint density at radius 3 is 2.38 bits per heavy atom. The standard InChI is InChI=1S/C20H20F2N4O2S/c1-13(2)15-5-9-16(10-6-15)27-12-18-24-25-20(29)26(18)23-11-14-3-7-17(8-4-14)28-19(21)22/h3-11,13,19H,12H2,1-2H3,(H,25,29)/b23-11-. The largest absolute Gasteiger partial charge is 0.486 e. The van der Waals surface area contributed by atoms with Crippen LogP contribution in [0.4, 0.5) is 8.78 Å². The molecular formula is C20H20F2N4O2S. The first kappa shape index (κ1) is 20.7. The van der Waals surface area contributed by atoms with Gasteiger partial charge in [-0.15, -0.1) is 0 Å². The fourth-order valence-electron chi connectivity index (χ4n) is 2.49. The van der Waals surface area contributed by atoms with Gasteiger partial charge < -0.3 is 9.47 Å². The molecule has 152 valence electrons. The zero-order chi connectivity index (χ0) is 20.8. The second kappa shape index (κ2) is 9.42. The highest BCUT2D eigenvalue weighted by molar-refractivity contribution is 7.71. The van der Waals surface area contributed by atoms with Crippen molar-refractivity contribution in [1.29, 1.82) is 0 Å². The maximum absolute atomic E-state index is 12.2. The van der Waals surface area contributed by atoms with E-state index in [9.17, 15) is 8.78 Å². The lowest BCUT2D eigenvalue weighted by atomic mass is 10.0. The van der Waals surface area contributed by atoms with Gasteiger partial charge in [0.1, 0.15) is 18.1 Å². The third kappa shape index (κ3) is 5.71. The Hall–Kier alpha value is -3.07. The van der Waals surface area contributed by atoms with Crippen LogP contribution in [0, 0.1) is 4.77 Å². The highest BCUT2D eigenvalue weighted by atomic mass is 32.1. The second-order valence-electron chi connectivity index (χ2n) is 6.46. The van der Waals surface area contributed by atoms with E-state index in [-0.39, 0.29) is 12.4 Å². The summed E-state index contributed by atoms with van der Waals surface area (Å²) in [6, 6.07) is 14.0. The van der Waals surface area contributed by atoms with Crippen LogP contribution < -0.4 is 9.47 Å². The number of ether oxygens (including phenoxy) is 2. The third-order valence-electron chi connectivity index (χ3n) is 4.06. The van der Waals surface area contributed by atoms with Crippen molar-refractivity contribution in [3.05, 3.63) is 70.3 Å². The van der Waals surface area contributed by atoms with Crippen LogP contribution in [0.15, 0.2) is 53.6 Å². The van der Waals surface area contributed by atoms with E-state index in [0.29, 0.717) is 27.8 Å². The molecule has 1 N–H and O–H groups in total. The summed E-state index contributed by atoms with van der Waals surface area (Å²) in [5.74, 6) is 1.74. The van der Waals surface area contributed by atoms with Crippen molar-refractivity contribution in [3.8, 4) is 11.5 Å². The van der Waals surface area contributed by atoms with Crippen molar-refractivity contribution < 1.29 is 18.3 Å². The molecule has 29 heavy (non-hydrogen) atoms. The van der Waals surface area contributed by atoms with Crippen LogP contribution in [0.3, 0.4) is 0 Å². The summed E-state index contributed by atoms with van der Waals surface area (Å²) in [6.45, 7) is 1.57. The normalized spacial score (nSPS) is 11.5. The van der Waals surface area contributed by atoms with Crippen molar-refractivity contribution in [2.24, 2.45) is 5.10 Å². The summed E-state index contributed by atoms with van der Waals surface area (Å²) in [7, 11) is 0. The van der Waals surface area contributed by atoms with Crippen LogP contribution in [0.2, 0.25) is 0 Å². The number of hydrogen-bond acceptors (Lipinski definition) is 5. The number of benzene rings is 2. The molecule has 0 atom stereocenters. The Morgan fingerprint density at radius 1 is 1.10 bits per heavy atom. The third-order valence-corrected chi connectivity index (χ3v) is 4.32. The first-order chi connectivity index (χ1) is 13.9. The van der Waals surface area contributed by atoms with Crippen molar-refractivity contribution >= 4 is 18.4 Å². The number of nitrogens with zero attached hydrogens (tertiary/aromatic N) is 3. The number of hydrogen-bond donors (Lipinski definition) is 1. The quantitative estimate of drug-likeness (QED) is 0.407. The van der Waals surface area contributed by atoms with Gasteiger partial charge in [0.15, 0.2) is 5.82 Å². The van der Waals surface area contributed by atoms with E-state index in [0.717, 1.165) is 0 Å². The molecule has 0 bridgehead atoms. The molecule has 0 saturated heterocycles. The van der Waals surface area contributed by atoms with Gasteiger partial charge in [-0.1, -0.05) is 26.0 Å².